The van der Waals surface area contributed by atoms with Crippen molar-refractivity contribution in [3.63, 3.8) is 0 Å². The van der Waals surface area contributed by atoms with Crippen molar-refractivity contribution in [2.45, 2.75) is 13.8 Å². The Labute approximate surface area is 72.7 Å². The molecule has 2 nitrogen and oxygen atoms in total. The molecule has 1 aromatic rings. The number of anilines is 1. The van der Waals surface area contributed by atoms with E-state index in [9.17, 15) is 0 Å². The second kappa shape index (κ2) is 3.76. The molecule has 0 unspecified atom stereocenters. The van der Waals surface area contributed by atoms with Crippen molar-refractivity contribution in [3.8, 4) is 0 Å². The van der Waals surface area contributed by atoms with Crippen LogP contribution in [0.4, 0.5) is 5.13 Å². The van der Waals surface area contributed by atoms with Gasteiger partial charge in [-0.1, -0.05) is 0 Å². The van der Waals surface area contributed by atoms with E-state index in [0.717, 1.165) is 23.8 Å². The van der Waals surface area contributed by atoms with E-state index >= 15 is 0 Å². The van der Waals surface area contributed by atoms with Crippen LogP contribution in [0, 0.1) is 0 Å². The molecule has 1 heterocycles. The van der Waals surface area contributed by atoms with Crippen molar-refractivity contribution in [2.75, 3.05) is 18.0 Å². The molecule has 0 amide bonds. The van der Waals surface area contributed by atoms with Crippen LogP contribution in [0.5, 0.6) is 0 Å². The van der Waals surface area contributed by atoms with Gasteiger partial charge in [0.1, 0.15) is 0 Å². The topological polar surface area (TPSA) is 16.1 Å². The first-order valence-corrected chi connectivity index (χ1v) is 4.83. The van der Waals surface area contributed by atoms with Crippen LogP contribution in [0.2, 0.25) is 0 Å². The maximum atomic E-state index is 4.40. The molecule has 4 heteroatoms. The number of rotatable bonds is 3. The van der Waals surface area contributed by atoms with Crippen molar-refractivity contribution >= 4 is 29.9 Å². The zero-order valence-corrected chi connectivity index (χ0v) is 8.11. The minimum atomic E-state index is 1.05. The molecule has 0 saturated carbocycles. The lowest BCUT2D eigenvalue weighted by Gasteiger charge is -2.16. The highest BCUT2D eigenvalue weighted by atomic mass is 32.1. The first-order chi connectivity index (χ1) is 5.27. The van der Waals surface area contributed by atoms with Gasteiger partial charge in [0.2, 0.25) is 0 Å². The van der Waals surface area contributed by atoms with E-state index in [4.69, 9.17) is 0 Å². The standard InChI is InChI=1S/C7H13BN2S/c1-3-10(4-2)7-9-6(8)5-11-7/h5H,3-4,8H2,1-2H3. The van der Waals surface area contributed by atoms with Gasteiger partial charge in [0.05, 0.1) is 0 Å². The molecule has 0 aliphatic heterocycles. The third-order valence-electron chi connectivity index (χ3n) is 1.64. The third kappa shape index (κ3) is 1.96. The molecule has 1 rings (SSSR count). The molecule has 0 N–H and O–H groups in total. The summed E-state index contributed by atoms with van der Waals surface area (Å²) in [6, 6.07) is 0. The van der Waals surface area contributed by atoms with Crippen molar-refractivity contribution in [1.82, 2.24) is 4.98 Å². The van der Waals surface area contributed by atoms with E-state index in [2.05, 4.69) is 29.1 Å². The molecule has 0 spiro atoms. The normalized spacial score (nSPS) is 10.0. The van der Waals surface area contributed by atoms with Gasteiger partial charge in [-0.25, -0.2) is 4.98 Å². The highest BCUT2D eigenvalue weighted by molar-refractivity contribution is 7.14. The van der Waals surface area contributed by atoms with Gasteiger partial charge < -0.3 is 4.90 Å². The third-order valence-corrected chi connectivity index (χ3v) is 2.66. The van der Waals surface area contributed by atoms with Crippen LogP contribution in [0.15, 0.2) is 5.38 Å². The largest absolute Gasteiger partial charge is 0.349 e. The first kappa shape index (κ1) is 8.59. The van der Waals surface area contributed by atoms with Gasteiger partial charge in [-0.2, -0.15) is 0 Å². The minimum Gasteiger partial charge on any atom is -0.349 e. The fraction of sp³-hybridized carbons (Fsp3) is 0.571. The molecule has 0 saturated heterocycles. The SMILES string of the molecule is Bc1csc(N(CC)CC)n1. The number of thiazole rings is 1. The van der Waals surface area contributed by atoms with E-state index in [0.29, 0.717) is 0 Å². The van der Waals surface area contributed by atoms with E-state index in [-0.39, 0.29) is 0 Å². The highest BCUT2D eigenvalue weighted by Crippen LogP contribution is 2.14. The van der Waals surface area contributed by atoms with Gasteiger partial charge >= 0.3 is 0 Å². The monoisotopic (exact) mass is 168 g/mol. The van der Waals surface area contributed by atoms with Gasteiger partial charge in [0, 0.05) is 24.1 Å². The van der Waals surface area contributed by atoms with E-state index in [1.165, 1.54) is 0 Å². The highest BCUT2D eigenvalue weighted by Gasteiger charge is 2.03. The molecule has 60 valence electrons. The van der Waals surface area contributed by atoms with E-state index < -0.39 is 0 Å². The summed E-state index contributed by atoms with van der Waals surface area (Å²) in [7, 11) is 2.03. The number of aromatic nitrogens is 1. The van der Waals surface area contributed by atoms with Crippen molar-refractivity contribution in [1.29, 1.82) is 0 Å². The van der Waals surface area contributed by atoms with Gasteiger partial charge in [-0.3, -0.25) is 0 Å². The zero-order chi connectivity index (χ0) is 8.27. The Morgan fingerprint density at radius 3 is 2.55 bits per heavy atom. The van der Waals surface area contributed by atoms with Crippen molar-refractivity contribution in [2.24, 2.45) is 0 Å². The number of nitrogens with zero attached hydrogens (tertiary/aromatic N) is 2. The van der Waals surface area contributed by atoms with Crippen LogP contribution in [0.25, 0.3) is 0 Å². The molecular formula is C7H13BN2S. The Bertz CT molecular complexity index is 220. The zero-order valence-electron chi connectivity index (χ0n) is 7.29. The summed E-state index contributed by atoms with van der Waals surface area (Å²) in [5.74, 6) is 0. The summed E-state index contributed by atoms with van der Waals surface area (Å²) < 4.78 is 0. The summed E-state index contributed by atoms with van der Waals surface area (Å²) >= 11 is 1.72. The fourth-order valence-electron chi connectivity index (χ4n) is 0.981. The average molecular weight is 168 g/mol. The minimum absolute atomic E-state index is 1.05. The summed E-state index contributed by atoms with van der Waals surface area (Å²) in [5.41, 5.74) is 1.12. The predicted molar refractivity (Wildman–Crippen MR) is 53.9 cm³/mol. The Morgan fingerprint density at radius 2 is 2.18 bits per heavy atom. The molecule has 11 heavy (non-hydrogen) atoms. The molecule has 0 radical (unpaired) electrons. The fourth-order valence-corrected chi connectivity index (χ4v) is 1.91. The summed E-state index contributed by atoms with van der Waals surface area (Å²) in [6.07, 6.45) is 0. The summed E-state index contributed by atoms with van der Waals surface area (Å²) in [4.78, 5) is 6.66. The lowest BCUT2D eigenvalue weighted by Crippen LogP contribution is -2.22. The van der Waals surface area contributed by atoms with E-state index in [1.54, 1.807) is 11.3 Å². The lowest BCUT2D eigenvalue weighted by molar-refractivity contribution is 0.861. The molecule has 0 bridgehead atoms. The second-order valence-electron chi connectivity index (χ2n) is 2.44. The maximum Gasteiger partial charge on any atom is 0.184 e. The van der Waals surface area contributed by atoms with Crippen LogP contribution in [-0.4, -0.2) is 25.9 Å². The first-order valence-electron chi connectivity index (χ1n) is 3.95. The van der Waals surface area contributed by atoms with Gasteiger partial charge in [-0.05, 0) is 13.8 Å². The molecule has 0 fully saturated rings. The van der Waals surface area contributed by atoms with Gasteiger partial charge in [0.25, 0.3) is 0 Å². The molecular weight excluding hydrogens is 155 g/mol. The van der Waals surface area contributed by atoms with Crippen LogP contribution >= 0.6 is 11.3 Å². The van der Waals surface area contributed by atoms with Crippen LogP contribution < -0.4 is 10.5 Å². The molecule has 1 aromatic heterocycles. The van der Waals surface area contributed by atoms with Crippen LogP contribution in [0.3, 0.4) is 0 Å². The Hall–Kier alpha value is -0.505. The van der Waals surface area contributed by atoms with Crippen molar-refractivity contribution in [3.05, 3.63) is 5.38 Å². The average Bonchev–Trinajstić information content (AvgIpc) is 2.39. The van der Waals surface area contributed by atoms with Gasteiger partial charge in [-0.15, -0.1) is 11.3 Å². The molecule has 0 aromatic carbocycles. The number of hydrogen-bond acceptors (Lipinski definition) is 3. The second-order valence-corrected chi connectivity index (χ2v) is 3.28. The van der Waals surface area contributed by atoms with Gasteiger partial charge in [0.15, 0.2) is 13.0 Å². The maximum absolute atomic E-state index is 4.40. The Balaban J connectivity index is 2.73. The Morgan fingerprint density at radius 1 is 1.55 bits per heavy atom. The number of hydrogen-bond donors (Lipinski definition) is 0. The lowest BCUT2D eigenvalue weighted by atomic mass is 10.1. The molecule has 0 aliphatic rings. The summed E-state index contributed by atoms with van der Waals surface area (Å²) in [6.45, 7) is 6.40. The van der Waals surface area contributed by atoms with E-state index in [1.807, 2.05) is 7.85 Å². The Kier molecular flexibility index (Phi) is 2.94. The molecule has 0 atom stereocenters. The summed E-state index contributed by atoms with van der Waals surface area (Å²) in [5, 5.41) is 3.24. The van der Waals surface area contributed by atoms with Crippen molar-refractivity contribution < 1.29 is 0 Å². The predicted octanol–water partition coefficient (Wildman–Crippen LogP) is 0.248. The quantitative estimate of drug-likeness (QED) is 0.601. The smallest absolute Gasteiger partial charge is 0.184 e. The van der Waals surface area contributed by atoms with Crippen LogP contribution in [-0.2, 0) is 0 Å². The van der Waals surface area contributed by atoms with Crippen LogP contribution in [0.1, 0.15) is 13.8 Å². The molecule has 0 aliphatic carbocycles.